The highest BCUT2D eigenvalue weighted by Crippen LogP contribution is 2.42. The molecular weight excluding hydrogens is 288 g/mol. The minimum absolute atomic E-state index is 0.0860. The molecule has 2 aliphatic carbocycles. The van der Waals surface area contributed by atoms with Gasteiger partial charge in [-0.05, 0) is 43.6 Å². The Kier molecular flexibility index (Phi) is 4.02. The highest BCUT2D eigenvalue weighted by molar-refractivity contribution is 5.79. The maximum absolute atomic E-state index is 12.8. The second kappa shape index (κ2) is 6.16. The van der Waals surface area contributed by atoms with E-state index in [-0.39, 0.29) is 17.9 Å². The Hall–Kier alpha value is -1.55. The van der Waals surface area contributed by atoms with Crippen LogP contribution < -0.4 is 15.8 Å². The van der Waals surface area contributed by atoms with Crippen molar-refractivity contribution in [3.05, 3.63) is 29.8 Å². The summed E-state index contributed by atoms with van der Waals surface area (Å²) in [7, 11) is 0. The van der Waals surface area contributed by atoms with Gasteiger partial charge in [-0.25, -0.2) is 0 Å². The van der Waals surface area contributed by atoms with Crippen LogP contribution in [0.25, 0.3) is 0 Å². The van der Waals surface area contributed by atoms with Crippen LogP contribution in [0.4, 0.5) is 0 Å². The molecule has 1 aliphatic heterocycles. The molecule has 2 bridgehead atoms. The molecule has 3 N–H and O–H groups in total. The summed E-state index contributed by atoms with van der Waals surface area (Å²) in [6.45, 7) is 0.669. The van der Waals surface area contributed by atoms with E-state index in [9.17, 15) is 4.79 Å². The lowest BCUT2D eigenvalue weighted by molar-refractivity contribution is -0.128. The van der Waals surface area contributed by atoms with E-state index in [2.05, 4.69) is 11.4 Å². The van der Waals surface area contributed by atoms with Crippen LogP contribution in [0.2, 0.25) is 0 Å². The molecule has 1 heterocycles. The first-order valence-electron chi connectivity index (χ1n) is 9.00. The van der Waals surface area contributed by atoms with Crippen molar-refractivity contribution in [1.82, 2.24) is 5.32 Å². The van der Waals surface area contributed by atoms with Crippen molar-refractivity contribution in [2.45, 2.75) is 50.6 Å². The van der Waals surface area contributed by atoms with Gasteiger partial charge < -0.3 is 15.8 Å². The minimum Gasteiger partial charge on any atom is -0.493 e. The summed E-state index contributed by atoms with van der Waals surface area (Å²) >= 11 is 0. The van der Waals surface area contributed by atoms with Crippen molar-refractivity contribution in [2.75, 3.05) is 6.61 Å². The molecule has 124 valence electrons. The number of ether oxygens (including phenoxy) is 1. The average Bonchev–Trinajstić information content (AvgIpc) is 2.55. The maximum atomic E-state index is 12.8. The second-order valence-electron chi connectivity index (χ2n) is 7.43. The van der Waals surface area contributed by atoms with Gasteiger partial charge in [0.2, 0.25) is 5.91 Å². The van der Waals surface area contributed by atoms with E-state index in [1.807, 2.05) is 18.2 Å². The van der Waals surface area contributed by atoms with Crippen LogP contribution >= 0.6 is 0 Å². The van der Waals surface area contributed by atoms with E-state index >= 15 is 0 Å². The summed E-state index contributed by atoms with van der Waals surface area (Å²) in [6.07, 6.45) is 6.46. The first-order chi connectivity index (χ1) is 11.2. The smallest absolute Gasteiger partial charge is 0.223 e. The van der Waals surface area contributed by atoms with Crippen LogP contribution in [0.5, 0.6) is 5.75 Å². The van der Waals surface area contributed by atoms with Crippen LogP contribution in [0, 0.1) is 17.8 Å². The topological polar surface area (TPSA) is 64.4 Å². The monoisotopic (exact) mass is 314 g/mol. The molecule has 1 aromatic rings. The van der Waals surface area contributed by atoms with E-state index in [1.54, 1.807) is 0 Å². The van der Waals surface area contributed by atoms with E-state index < -0.39 is 0 Å². The summed E-state index contributed by atoms with van der Waals surface area (Å²) in [6, 6.07) is 8.44. The van der Waals surface area contributed by atoms with Crippen molar-refractivity contribution in [1.29, 1.82) is 0 Å². The third-order valence-corrected chi connectivity index (χ3v) is 6.06. The van der Waals surface area contributed by atoms with E-state index in [1.165, 1.54) is 19.3 Å². The predicted molar refractivity (Wildman–Crippen MR) is 89.0 cm³/mol. The zero-order valence-corrected chi connectivity index (χ0v) is 13.5. The average molecular weight is 314 g/mol. The molecule has 0 saturated heterocycles. The Morgan fingerprint density at radius 1 is 1.13 bits per heavy atom. The van der Waals surface area contributed by atoms with Crippen LogP contribution in [0.15, 0.2) is 24.3 Å². The fourth-order valence-electron chi connectivity index (χ4n) is 4.78. The van der Waals surface area contributed by atoms with Crippen molar-refractivity contribution < 1.29 is 9.53 Å². The third kappa shape index (κ3) is 2.85. The predicted octanol–water partition coefficient (Wildman–Crippen LogP) is 2.78. The lowest BCUT2D eigenvalue weighted by Gasteiger charge is -2.43. The van der Waals surface area contributed by atoms with Crippen LogP contribution in [0.3, 0.4) is 0 Å². The molecule has 4 heteroatoms. The van der Waals surface area contributed by atoms with E-state index in [4.69, 9.17) is 10.5 Å². The largest absolute Gasteiger partial charge is 0.493 e. The Labute approximate surface area is 137 Å². The minimum atomic E-state index is 0.0860. The first kappa shape index (κ1) is 15.0. The number of nitrogens with two attached hydrogens (primary N) is 1. The molecule has 2 fully saturated rings. The highest BCUT2D eigenvalue weighted by atomic mass is 16.5. The summed E-state index contributed by atoms with van der Waals surface area (Å²) in [4.78, 5) is 12.8. The molecule has 0 aromatic heterocycles. The van der Waals surface area contributed by atoms with Crippen LogP contribution in [0.1, 0.15) is 50.1 Å². The van der Waals surface area contributed by atoms with Crippen molar-refractivity contribution in [3.63, 3.8) is 0 Å². The van der Waals surface area contributed by atoms with Gasteiger partial charge in [-0.2, -0.15) is 0 Å². The second-order valence-corrected chi connectivity index (χ2v) is 7.43. The zero-order chi connectivity index (χ0) is 15.8. The Morgan fingerprint density at radius 2 is 1.87 bits per heavy atom. The third-order valence-electron chi connectivity index (χ3n) is 6.06. The molecule has 4 nitrogen and oxygen atoms in total. The first-order valence-corrected chi connectivity index (χ1v) is 9.00. The zero-order valence-electron chi connectivity index (χ0n) is 13.5. The maximum Gasteiger partial charge on any atom is 0.223 e. The standard InChI is InChI=1S/C19H26N2O2/c20-18-12-4-3-5-13(18)11-14(10-12)19(22)21-16-8-9-23-17-7-2-1-6-15(16)17/h1-2,6-7,12-14,16,18H,3-5,8-11,20H2,(H,21,22). The quantitative estimate of drug-likeness (QED) is 0.882. The molecule has 3 unspecified atom stereocenters. The van der Waals surface area contributed by atoms with Gasteiger partial charge >= 0.3 is 0 Å². The van der Waals surface area contributed by atoms with Gasteiger partial charge in [0.15, 0.2) is 0 Å². The number of para-hydroxylation sites is 1. The number of amides is 1. The molecule has 0 radical (unpaired) electrons. The molecule has 4 rings (SSSR count). The molecule has 3 atom stereocenters. The van der Waals surface area contributed by atoms with E-state index in [0.717, 1.165) is 30.6 Å². The number of hydrogen-bond acceptors (Lipinski definition) is 3. The normalized spacial score (nSPS) is 35.8. The molecule has 2 saturated carbocycles. The number of benzene rings is 1. The van der Waals surface area contributed by atoms with Crippen molar-refractivity contribution in [2.24, 2.45) is 23.5 Å². The molecule has 23 heavy (non-hydrogen) atoms. The SMILES string of the molecule is NC1C2CCCC1CC(C(=O)NC1CCOc3ccccc31)C2. The molecule has 1 aromatic carbocycles. The van der Waals surface area contributed by atoms with Gasteiger partial charge in [-0.1, -0.05) is 24.6 Å². The van der Waals surface area contributed by atoms with Gasteiger partial charge in [0.25, 0.3) is 0 Å². The van der Waals surface area contributed by atoms with Crippen LogP contribution in [-0.4, -0.2) is 18.6 Å². The summed E-state index contributed by atoms with van der Waals surface area (Å²) in [5.41, 5.74) is 7.46. The lowest BCUT2D eigenvalue weighted by atomic mass is 9.65. The van der Waals surface area contributed by atoms with Gasteiger partial charge in [0, 0.05) is 23.9 Å². The number of carbonyl (C=O) groups excluding carboxylic acids is 1. The highest BCUT2D eigenvalue weighted by Gasteiger charge is 2.41. The lowest BCUT2D eigenvalue weighted by Crippen LogP contribution is -2.49. The molecule has 3 aliphatic rings. The van der Waals surface area contributed by atoms with Crippen molar-refractivity contribution >= 4 is 5.91 Å². The number of fused-ring (bicyclic) bond motifs is 3. The number of rotatable bonds is 2. The van der Waals surface area contributed by atoms with Gasteiger partial charge in [-0.3, -0.25) is 4.79 Å². The van der Waals surface area contributed by atoms with Crippen LogP contribution in [-0.2, 0) is 4.79 Å². The van der Waals surface area contributed by atoms with Gasteiger partial charge in [0.05, 0.1) is 12.6 Å². The summed E-state index contributed by atoms with van der Waals surface area (Å²) < 4.78 is 5.69. The Bertz CT molecular complexity index is 574. The number of hydrogen-bond donors (Lipinski definition) is 2. The summed E-state index contributed by atoms with van der Waals surface area (Å²) in [5.74, 6) is 2.35. The number of nitrogens with one attached hydrogen (secondary N) is 1. The molecule has 1 amide bonds. The van der Waals surface area contributed by atoms with Crippen molar-refractivity contribution in [3.8, 4) is 5.75 Å². The van der Waals surface area contributed by atoms with Gasteiger partial charge in [0.1, 0.15) is 5.75 Å². The van der Waals surface area contributed by atoms with Gasteiger partial charge in [-0.15, -0.1) is 0 Å². The van der Waals surface area contributed by atoms with E-state index in [0.29, 0.717) is 24.5 Å². The molecule has 0 spiro atoms. The Morgan fingerprint density at radius 3 is 2.65 bits per heavy atom. The Balaban J connectivity index is 1.45. The summed E-state index contributed by atoms with van der Waals surface area (Å²) in [5, 5.41) is 3.29. The fourth-order valence-corrected chi connectivity index (χ4v) is 4.78. The molecular formula is C19H26N2O2. The number of carbonyl (C=O) groups is 1. The fraction of sp³-hybridized carbons (Fsp3) is 0.632.